The zero-order valence-corrected chi connectivity index (χ0v) is 14.9. The minimum Gasteiger partial charge on any atom is -0.444 e. The summed E-state index contributed by atoms with van der Waals surface area (Å²) in [5.41, 5.74) is -0.962. The Balaban J connectivity index is 1.62. The molecule has 0 saturated carbocycles. The number of hydrogen-bond donors (Lipinski definition) is 0. The zero-order valence-electron chi connectivity index (χ0n) is 14.9. The van der Waals surface area contributed by atoms with E-state index in [1.54, 1.807) is 9.80 Å². The van der Waals surface area contributed by atoms with E-state index in [1.165, 1.54) is 0 Å². The second-order valence-electron chi connectivity index (χ2n) is 8.15. The van der Waals surface area contributed by atoms with Crippen molar-refractivity contribution in [3.05, 3.63) is 0 Å². The Kier molecular flexibility index (Phi) is 4.80. The highest BCUT2D eigenvalue weighted by Crippen LogP contribution is 2.22. The molecule has 0 radical (unpaired) electrons. The summed E-state index contributed by atoms with van der Waals surface area (Å²) in [7, 11) is 0. The number of carbonyl (C=O) groups excluding carboxylic acids is 2. The molecule has 2 aliphatic rings. The van der Waals surface area contributed by atoms with Crippen molar-refractivity contribution in [2.75, 3.05) is 26.2 Å². The van der Waals surface area contributed by atoms with Gasteiger partial charge in [0.1, 0.15) is 11.2 Å². The van der Waals surface area contributed by atoms with Gasteiger partial charge >= 0.3 is 12.2 Å². The molecule has 0 aromatic heterocycles. The first-order chi connectivity index (χ1) is 10.4. The van der Waals surface area contributed by atoms with Crippen molar-refractivity contribution in [1.29, 1.82) is 0 Å². The molecular formula is C16H28N2O5. The van der Waals surface area contributed by atoms with E-state index in [2.05, 4.69) is 0 Å². The third-order valence-corrected chi connectivity index (χ3v) is 3.38. The highest BCUT2D eigenvalue weighted by atomic mass is 16.6. The van der Waals surface area contributed by atoms with Crippen LogP contribution in [0.3, 0.4) is 0 Å². The number of rotatable bonds is 2. The van der Waals surface area contributed by atoms with E-state index in [0.717, 1.165) is 0 Å². The molecular weight excluding hydrogens is 300 g/mol. The Hall–Kier alpha value is -1.50. The van der Waals surface area contributed by atoms with Gasteiger partial charge in [0.05, 0.1) is 38.4 Å². The third-order valence-electron chi connectivity index (χ3n) is 3.38. The molecule has 0 bridgehead atoms. The van der Waals surface area contributed by atoms with Crippen LogP contribution in [0.1, 0.15) is 41.5 Å². The largest absolute Gasteiger partial charge is 0.444 e. The molecule has 0 spiro atoms. The maximum absolute atomic E-state index is 11.8. The molecule has 2 rings (SSSR count). The van der Waals surface area contributed by atoms with Crippen molar-refractivity contribution in [2.45, 2.75) is 65.0 Å². The second-order valence-corrected chi connectivity index (χ2v) is 8.15. The smallest absolute Gasteiger partial charge is 0.410 e. The number of nitrogens with zero attached hydrogens (tertiary/aromatic N) is 2. The molecule has 2 saturated heterocycles. The Bertz CT molecular complexity index is 412. The summed E-state index contributed by atoms with van der Waals surface area (Å²) < 4.78 is 16.4. The van der Waals surface area contributed by atoms with E-state index in [1.807, 2.05) is 41.5 Å². The molecule has 2 fully saturated rings. The van der Waals surface area contributed by atoms with Crippen LogP contribution < -0.4 is 0 Å². The number of amides is 2. The maximum Gasteiger partial charge on any atom is 0.410 e. The lowest BCUT2D eigenvalue weighted by Gasteiger charge is -2.45. The molecule has 0 aromatic carbocycles. The fraction of sp³-hybridized carbons (Fsp3) is 0.875. The topological polar surface area (TPSA) is 68.3 Å². The number of ether oxygens (including phenoxy) is 3. The lowest BCUT2D eigenvalue weighted by atomic mass is 10.1. The fourth-order valence-electron chi connectivity index (χ4n) is 2.27. The van der Waals surface area contributed by atoms with Gasteiger partial charge in [-0.2, -0.15) is 0 Å². The molecule has 7 heteroatoms. The summed E-state index contributed by atoms with van der Waals surface area (Å²) in [6.45, 7) is 13.2. The lowest BCUT2D eigenvalue weighted by molar-refractivity contribution is -0.133. The van der Waals surface area contributed by atoms with E-state index >= 15 is 0 Å². The highest BCUT2D eigenvalue weighted by molar-refractivity contribution is 5.69. The predicted molar refractivity (Wildman–Crippen MR) is 84.3 cm³/mol. The predicted octanol–water partition coefficient (Wildman–Crippen LogP) is 2.24. The molecule has 23 heavy (non-hydrogen) atoms. The van der Waals surface area contributed by atoms with Gasteiger partial charge in [0.2, 0.25) is 0 Å². The average Bonchev–Trinajstić information content (AvgIpc) is 2.18. The van der Waals surface area contributed by atoms with Crippen molar-refractivity contribution in [2.24, 2.45) is 0 Å². The van der Waals surface area contributed by atoms with Crippen molar-refractivity contribution < 1.29 is 23.8 Å². The van der Waals surface area contributed by atoms with E-state index in [9.17, 15) is 9.59 Å². The Morgan fingerprint density at radius 3 is 1.30 bits per heavy atom. The van der Waals surface area contributed by atoms with Crippen LogP contribution in [-0.2, 0) is 14.2 Å². The minimum atomic E-state index is -0.481. The second kappa shape index (κ2) is 6.19. The summed E-state index contributed by atoms with van der Waals surface area (Å²) in [6.07, 6.45) is -0.565. The maximum atomic E-state index is 11.8. The van der Waals surface area contributed by atoms with Crippen molar-refractivity contribution in [3.63, 3.8) is 0 Å². The van der Waals surface area contributed by atoms with Crippen LogP contribution in [-0.4, -0.2) is 71.6 Å². The van der Waals surface area contributed by atoms with Gasteiger partial charge in [0.25, 0.3) is 0 Å². The van der Waals surface area contributed by atoms with E-state index in [0.29, 0.717) is 26.2 Å². The van der Waals surface area contributed by atoms with Crippen LogP contribution in [0.25, 0.3) is 0 Å². The van der Waals surface area contributed by atoms with Crippen LogP contribution in [0.2, 0.25) is 0 Å². The summed E-state index contributed by atoms with van der Waals surface area (Å²) in [5, 5.41) is 0. The Labute approximate surface area is 137 Å². The summed E-state index contributed by atoms with van der Waals surface area (Å²) >= 11 is 0. The van der Waals surface area contributed by atoms with Gasteiger partial charge in [-0.15, -0.1) is 0 Å². The normalized spacial score (nSPS) is 19.9. The van der Waals surface area contributed by atoms with Gasteiger partial charge in [-0.1, -0.05) is 0 Å². The molecule has 0 N–H and O–H groups in total. The third kappa shape index (κ3) is 5.27. The monoisotopic (exact) mass is 328 g/mol. The van der Waals surface area contributed by atoms with Gasteiger partial charge in [-0.3, -0.25) is 0 Å². The number of likely N-dealkylation sites (tertiary alicyclic amines) is 2. The Morgan fingerprint density at radius 1 is 0.739 bits per heavy atom. The molecule has 2 heterocycles. The molecule has 7 nitrogen and oxygen atoms in total. The van der Waals surface area contributed by atoms with Crippen LogP contribution in [0, 0.1) is 0 Å². The lowest BCUT2D eigenvalue weighted by Crippen LogP contribution is -2.62. The van der Waals surface area contributed by atoms with Gasteiger partial charge in [0.15, 0.2) is 0 Å². The quantitative estimate of drug-likeness (QED) is 0.777. The van der Waals surface area contributed by atoms with Gasteiger partial charge in [0, 0.05) is 0 Å². The molecule has 132 valence electrons. The van der Waals surface area contributed by atoms with Gasteiger partial charge in [-0.25, -0.2) is 9.59 Å². The Morgan fingerprint density at radius 2 is 1.04 bits per heavy atom. The van der Waals surface area contributed by atoms with Gasteiger partial charge < -0.3 is 24.0 Å². The van der Waals surface area contributed by atoms with E-state index in [4.69, 9.17) is 14.2 Å². The van der Waals surface area contributed by atoms with Crippen LogP contribution in [0.4, 0.5) is 9.59 Å². The highest BCUT2D eigenvalue weighted by Gasteiger charge is 2.40. The molecule has 0 atom stereocenters. The minimum absolute atomic E-state index is 0.0216. The van der Waals surface area contributed by atoms with E-state index in [-0.39, 0.29) is 24.4 Å². The van der Waals surface area contributed by atoms with E-state index < -0.39 is 11.2 Å². The number of hydrogen-bond acceptors (Lipinski definition) is 5. The molecule has 0 aromatic rings. The first-order valence-corrected chi connectivity index (χ1v) is 8.04. The molecule has 0 aliphatic carbocycles. The summed E-state index contributed by atoms with van der Waals surface area (Å²) in [6, 6.07) is 0. The average molecular weight is 328 g/mol. The van der Waals surface area contributed by atoms with Gasteiger partial charge in [-0.05, 0) is 41.5 Å². The van der Waals surface area contributed by atoms with Crippen LogP contribution in [0.5, 0.6) is 0 Å². The molecule has 2 amide bonds. The SMILES string of the molecule is CC(C)(C)OC(=O)N1CC(OC2CN(C(=O)OC(C)(C)C)C2)C1. The molecule has 2 aliphatic heterocycles. The van der Waals surface area contributed by atoms with Crippen molar-refractivity contribution in [3.8, 4) is 0 Å². The summed E-state index contributed by atoms with van der Waals surface area (Å²) in [5.74, 6) is 0. The standard InChI is InChI=1S/C16H28N2O5/c1-15(2,3)22-13(19)17-7-11(8-17)21-12-9-18(10-12)14(20)23-16(4,5)6/h11-12H,7-10H2,1-6H3. The van der Waals surface area contributed by atoms with Crippen molar-refractivity contribution in [1.82, 2.24) is 9.80 Å². The first kappa shape index (κ1) is 17.8. The first-order valence-electron chi connectivity index (χ1n) is 8.04. The molecule has 0 unspecified atom stereocenters. The number of carbonyl (C=O) groups is 2. The van der Waals surface area contributed by atoms with Crippen LogP contribution in [0.15, 0.2) is 0 Å². The van der Waals surface area contributed by atoms with Crippen molar-refractivity contribution >= 4 is 12.2 Å². The fourth-order valence-corrected chi connectivity index (χ4v) is 2.27. The van der Waals surface area contributed by atoms with Crippen LogP contribution >= 0.6 is 0 Å². The summed E-state index contributed by atoms with van der Waals surface area (Å²) in [4.78, 5) is 26.9. The zero-order chi connectivity index (χ0) is 17.4.